The molecular formula is C18H16Cl2N6OS. The lowest BCUT2D eigenvalue weighted by Gasteiger charge is -2.08. The van der Waals surface area contributed by atoms with Crippen LogP contribution in [0.3, 0.4) is 0 Å². The zero-order valence-electron chi connectivity index (χ0n) is 15.3. The molecule has 0 amide bonds. The van der Waals surface area contributed by atoms with E-state index in [9.17, 15) is 4.79 Å². The summed E-state index contributed by atoms with van der Waals surface area (Å²) in [5, 5.41) is 8.62. The third-order valence-corrected chi connectivity index (χ3v) is 5.70. The standard InChI is InChI=1S/C18H16Cl2N6OS/c1-9-8-28-13(21-9)7-12-22-16-14(18(27)23-12)17(25(2)3)24-26(16)15-10(19)5-4-6-11(15)20/h4-6,8H,7H2,1-3H3,(H,22,23,27). The molecule has 3 heterocycles. The zero-order chi connectivity index (χ0) is 20.0. The number of anilines is 1. The molecule has 0 aliphatic heterocycles. The minimum absolute atomic E-state index is 0.272. The number of benzene rings is 1. The van der Waals surface area contributed by atoms with Gasteiger partial charge in [-0.05, 0) is 19.1 Å². The number of nitrogens with zero attached hydrogens (tertiary/aromatic N) is 5. The van der Waals surface area contributed by atoms with E-state index in [2.05, 4.69) is 20.1 Å². The van der Waals surface area contributed by atoms with E-state index in [1.807, 2.05) is 26.4 Å². The molecule has 28 heavy (non-hydrogen) atoms. The van der Waals surface area contributed by atoms with Gasteiger partial charge in [-0.15, -0.1) is 16.4 Å². The van der Waals surface area contributed by atoms with Crippen LogP contribution in [-0.4, -0.2) is 38.8 Å². The number of rotatable bonds is 4. The summed E-state index contributed by atoms with van der Waals surface area (Å²) in [5.41, 5.74) is 1.54. The van der Waals surface area contributed by atoms with Gasteiger partial charge in [-0.25, -0.2) is 14.6 Å². The molecule has 0 saturated carbocycles. The van der Waals surface area contributed by atoms with Gasteiger partial charge in [0.05, 0.1) is 16.5 Å². The summed E-state index contributed by atoms with van der Waals surface area (Å²) >= 11 is 14.3. The van der Waals surface area contributed by atoms with Crippen molar-refractivity contribution in [2.75, 3.05) is 19.0 Å². The molecule has 0 bridgehead atoms. The number of hydrogen-bond acceptors (Lipinski definition) is 6. The maximum Gasteiger partial charge on any atom is 0.264 e. The van der Waals surface area contributed by atoms with Crippen LogP contribution >= 0.6 is 34.5 Å². The fourth-order valence-corrected chi connectivity index (χ4v) is 4.26. The molecule has 0 fully saturated rings. The SMILES string of the molecule is Cc1csc(Cc2nc3c(c(N(C)C)nn3-c3c(Cl)cccc3Cl)c(=O)[nH]2)n1. The third kappa shape index (κ3) is 3.28. The van der Waals surface area contributed by atoms with Crippen LogP contribution in [0.1, 0.15) is 16.5 Å². The maximum absolute atomic E-state index is 12.9. The number of nitrogens with one attached hydrogen (secondary N) is 1. The minimum Gasteiger partial charge on any atom is -0.361 e. The smallest absolute Gasteiger partial charge is 0.264 e. The predicted molar refractivity (Wildman–Crippen MR) is 113 cm³/mol. The van der Waals surface area contributed by atoms with E-state index in [4.69, 9.17) is 23.2 Å². The van der Waals surface area contributed by atoms with Gasteiger partial charge in [0.25, 0.3) is 5.56 Å². The minimum atomic E-state index is -0.272. The summed E-state index contributed by atoms with van der Waals surface area (Å²) in [7, 11) is 3.62. The topological polar surface area (TPSA) is 79.7 Å². The van der Waals surface area contributed by atoms with E-state index in [-0.39, 0.29) is 5.56 Å². The molecule has 0 aliphatic carbocycles. The first-order chi connectivity index (χ1) is 13.3. The first-order valence-corrected chi connectivity index (χ1v) is 10.0. The van der Waals surface area contributed by atoms with Gasteiger partial charge < -0.3 is 9.88 Å². The predicted octanol–water partition coefficient (Wildman–Crippen LogP) is 3.84. The Bertz CT molecular complexity index is 1220. The second kappa shape index (κ2) is 7.20. The molecular weight excluding hydrogens is 419 g/mol. The number of thiazole rings is 1. The number of H-pyrrole nitrogens is 1. The fourth-order valence-electron chi connectivity index (χ4n) is 2.92. The molecule has 144 valence electrons. The molecule has 7 nitrogen and oxygen atoms in total. The first-order valence-electron chi connectivity index (χ1n) is 8.39. The van der Waals surface area contributed by atoms with Crippen molar-refractivity contribution < 1.29 is 0 Å². The zero-order valence-corrected chi connectivity index (χ0v) is 17.7. The Hall–Kier alpha value is -2.42. The van der Waals surface area contributed by atoms with Gasteiger partial charge in [-0.3, -0.25) is 4.79 Å². The van der Waals surface area contributed by atoms with Crippen molar-refractivity contribution in [2.24, 2.45) is 0 Å². The van der Waals surface area contributed by atoms with Crippen molar-refractivity contribution in [3.63, 3.8) is 0 Å². The Morgan fingerprint density at radius 2 is 1.93 bits per heavy atom. The molecule has 4 rings (SSSR count). The summed E-state index contributed by atoms with van der Waals surface area (Å²) in [6.07, 6.45) is 0.419. The fraction of sp³-hybridized carbons (Fsp3) is 0.222. The van der Waals surface area contributed by atoms with E-state index < -0.39 is 0 Å². The summed E-state index contributed by atoms with van der Waals surface area (Å²) in [4.78, 5) is 26.6. The number of aromatic nitrogens is 5. The highest BCUT2D eigenvalue weighted by atomic mass is 35.5. The van der Waals surface area contributed by atoms with Gasteiger partial charge in [0.2, 0.25) is 0 Å². The number of fused-ring (bicyclic) bond motifs is 1. The molecule has 1 N–H and O–H groups in total. The van der Waals surface area contributed by atoms with E-state index in [1.165, 1.54) is 16.0 Å². The highest BCUT2D eigenvalue weighted by molar-refractivity contribution is 7.09. The van der Waals surface area contributed by atoms with Crippen LogP contribution in [0.25, 0.3) is 16.7 Å². The van der Waals surface area contributed by atoms with Crippen molar-refractivity contribution in [1.82, 2.24) is 24.7 Å². The Balaban J connectivity index is 1.98. The molecule has 0 spiro atoms. The van der Waals surface area contributed by atoms with Crippen LogP contribution in [0.5, 0.6) is 0 Å². The van der Waals surface area contributed by atoms with Gasteiger partial charge in [0.1, 0.15) is 21.9 Å². The van der Waals surface area contributed by atoms with Gasteiger partial charge in [0.15, 0.2) is 11.5 Å². The van der Waals surface area contributed by atoms with Crippen LogP contribution in [0.4, 0.5) is 5.82 Å². The van der Waals surface area contributed by atoms with Crippen LogP contribution < -0.4 is 10.5 Å². The van der Waals surface area contributed by atoms with E-state index in [0.717, 1.165) is 10.7 Å². The lowest BCUT2D eigenvalue weighted by molar-refractivity contribution is 0.867. The lowest BCUT2D eigenvalue weighted by atomic mass is 10.3. The quantitative estimate of drug-likeness (QED) is 0.527. The van der Waals surface area contributed by atoms with E-state index in [0.29, 0.717) is 44.8 Å². The second-order valence-corrected chi connectivity index (χ2v) is 8.23. The number of halogens is 2. The van der Waals surface area contributed by atoms with Crippen LogP contribution in [0.2, 0.25) is 10.0 Å². The monoisotopic (exact) mass is 434 g/mol. The summed E-state index contributed by atoms with van der Waals surface area (Å²) in [6, 6.07) is 5.19. The van der Waals surface area contributed by atoms with Gasteiger partial charge >= 0.3 is 0 Å². The van der Waals surface area contributed by atoms with Crippen LogP contribution in [-0.2, 0) is 6.42 Å². The largest absolute Gasteiger partial charge is 0.361 e. The average molecular weight is 435 g/mol. The molecule has 10 heteroatoms. The number of aromatic amines is 1. The number of aryl methyl sites for hydroxylation is 1. The average Bonchev–Trinajstić information content (AvgIpc) is 3.19. The van der Waals surface area contributed by atoms with Crippen molar-refractivity contribution in [3.8, 4) is 5.69 Å². The molecule has 0 saturated heterocycles. The van der Waals surface area contributed by atoms with E-state index >= 15 is 0 Å². The third-order valence-electron chi connectivity index (χ3n) is 4.13. The highest BCUT2D eigenvalue weighted by Crippen LogP contribution is 2.32. The number of para-hydroxylation sites is 1. The Labute approximate surface area is 174 Å². The lowest BCUT2D eigenvalue weighted by Crippen LogP contribution is -2.16. The molecule has 0 aliphatic rings. The molecule has 3 aromatic heterocycles. The summed E-state index contributed by atoms with van der Waals surface area (Å²) in [6.45, 7) is 1.93. The number of hydrogen-bond donors (Lipinski definition) is 1. The van der Waals surface area contributed by atoms with Gasteiger partial charge in [-0.2, -0.15) is 0 Å². The molecule has 0 unspecified atom stereocenters. The molecule has 1 aromatic carbocycles. The van der Waals surface area contributed by atoms with E-state index in [1.54, 1.807) is 23.1 Å². The van der Waals surface area contributed by atoms with Gasteiger partial charge in [-0.1, -0.05) is 29.3 Å². The summed E-state index contributed by atoms with van der Waals surface area (Å²) in [5.74, 6) is 0.984. The Morgan fingerprint density at radius 1 is 1.21 bits per heavy atom. The maximum atomic E-state index is 12.9. The summed E-state index contributed by atoms with van der Waals surface area (Å²) < 4.78 is 1.53. The Kier molecular flexibility index (Phi) is 4.86. The molecule has 0 radical (unpaired) electrons. The second-order valence-electron chi connectivity index (χ2n) is 6.47. The normalized spacial score (nSPS) is 11.3. The molecule has 4 aromatic rings. The Morgan fingerprint density at radius 3 is 2.54 bits per heavy atom. The van der Waals surface area contributed by atoms with Crippen molar-refractivity contribution in [2.45, 2.75) is 13.3 Å². The van der Waals surface area contributed by atoms with Crippen LogP contribution in [0, 0.1) is 6.92 Å². The van der Waals surface area contributed by atoms with Crippen molar-refractivity contribution in [3.05, 3.63) is 60.5 Å². The van der Waals surface area contributed by atoms with Crippen molar-refractivity contribution >= 4 is 51.4 Å². The van der Waals surface area contributed by atoms with Crippen LogP contribution in [0.15, 0.2) is 28.4 Å². The highest BCUT2D eigenvalue weighted by Gasteiger charge is 2.22. The van der Waals surface area contributed by atoms with Gasteiger partial charge in [0, 0.05) is 25.2 Å². The first kappa shape index (κ1) is 18.9. The molecule has 0 atom stereocenters. The van der Waals surface area contributed by atoms with Crippen molar-refractivity contribution in [1.29, 1.82) is 0 Å².